The van der Waals surface area contributed by atoms with E-state index in [1.807, 2.05) is 48.1 Å². The van der Waals surface area contributed by atoms with Gasteiger partial charge in [-0.15, -0.1) is 0 Å². The molecule has 1 aromatic carbocycles. The predicted molar refractivity (Wildman–Crippen MR) is 63.0 cm³/mol. The van der Waals surface area contributed by atoms with Gasteiger partial charge in [0.05, 0.1) is 17.6 Å². The average molecular weight is 198 g/mol. The number of aryl methyl sites for hydroxylation is 1. The van der Waals surface area contributed by atoms with E-state index in [2.05, 4.69) is 18.6 Å². The molecule has 0 aliphatic carbocycles. The molecular weight excluding hydrogens is 184 g/mol. The van der Waals surface area contributed by atoms with Gasteiger partial charge in [-0.3, -0.25) is 0 Å². The van der Waals surface area contributed by atoms with Crippen molar-refractivity contribution in [2.24, 2.45) is 0 Å². The van der Waals surface area contributed by atoms with E-state index in [0.29, 0.717) is 0 Å². The van der Waals surface area contributed by atoms with Crippen LogP contribution in [0.2, 0.25) is 0 Å². The summed E-state index contributed by atoms with van der Waals surface area (Å²) in [5.74, 6) is 0. The van der Waals surface area contributed by atoms with Crippen LogP contribution in [0.4, 0.5) is 0 Å². The van der Waals surface area contributed by atoms with Crippen molar-refractivity contribution in [3.63, 3.8) is 0 Å². The van der Waals surface area contributed by atoms with Gasteiger partial charge in [0.2, 0.25) is 0 Å². The van der Waals surface area contributed by atoms with Crippen molar-refractivity contribution in [2.45, 2.75) is 13.8 Å². The van der Waals surface area contributed by atoms with Crippen LogP contribution in [0.1, 0.15) is 18.2 Å². The molecule has 2 aromatic rings. The van der Waals surface area contributed by atoms with E-state index in [1.165, 1.54) is 0 Å². The van der Waals surface area contributed by atoms with Gasteiger partial charge in [0.15, 0.2) is 0 Å². The molecule has 1 aromatic heterocycles. The lowest BCUT2D eigenvalue weighted by Crippen LogP contribution is -2.00. The number of benzene rings is 1. The lowest BCUT2D eigenvalue weighted by Gasteiger charge is -2.07. The molecule has 0 unspecified atom stereocenters. The van der Waals surface area contributed by atoms with E-state index in [9.17, 15) is 0 Å². The number of nitrogens with zero attached hydrogens (tertiary/aromatic N) is 2. The molecule has 0 N–H and O–H groups in total. The first kappa shape index (κ1) is 9.71. The highest BCUT2D eigenvalue weighted by Crippen LogP contribution is 2.20. The van der Waals surface area contributed by atoms with Gasteiger partial charge in [-0.2, -0.15) is 5.10 Å². The summed E-state index contributed by atoms with van der Waals surface area (Å²) in [7, 11) is 0. The van der Waals surface area contributed by atoms with Gasteiger partial charge in [-0.25, -0.2) is 4.68 Å². The van der Waals surface area contributed by atoms with Crippen molar-refractivity contribution >= 4 is 5.57 Å². The van der Waals surface area contributed by atoms with Crippen molar-refractivity contribution in [2.75, 3.05) is 0 Å². The number of rotatable bonds is 2. The molecular formula is C13H14N2. The molecule has 1 heterocycles. The summed E-state index contributed by atoms with van der Waals surface area (Å²) in [4.78, 5) is 0. The Morgan fingerprint density at radius 3 is 2.53 bits per heavy atom. The van der Waals surface area contributed by atoms with Crippen molar-refractivity contribution < 1.29 is 0 Å². The molecule has 0 saturated heterocycles. The quantitative estimate of drug-likeness (QED) is 0.724. The van der Waals surface area contributed by atoms with Gasteiger partial charge < -0.3 is 0 Å². The first-order chi connectivity index (χ1) is 7.20. The minimum Gasteiger partial charge on any atom is -0.233 e. The fraction of sp³-hybridized carbons (Fsp3) is 0.154. The van der Waals surface area contributed by atoms with E-state index >= 15 is 0 Å². The second-order valence-corrected chi connectivity index (χ2v) is 3.70. The summed E-state index contributed by atoms with van der Waals surface area (Å²) in [6.45, 7) is 8.04. The number of para-hydroxylation sites is 1. The molecule has 0 fully saturated rings. The zero-order valence-corrected chi connectivity index (χ0v) is 9.07. The summed E-state index contributed by atoms with van der Waals surface area (Å²) >= 11 is 0. The zero-order chi connectivity index (χ0) is 10.8. The van der Waals surface area contributed by atoms with Crippen LogP contribution in [-0.2, 0) is 0 Å². The Balaban J connectivity index is 2.59. The summed E-state index contributed by atoms with van der Waals surface area (Å²) < 4.78 is 1.93. The van der Waals surface area contributed by atoms with Crippen molar-refractivity contribution in [1.29, 1.82) is 0 Å². The minimum absolute atomic E-state index is 1.04. The SMILES string of the molecule is C=C(C)c1c(C)cnn1-c1ccccc1. The second kappa shape index (κ2) is 3.73. The number of hydrogen-bond acceptors (Lipinski definition) is 1. The summed E-state index contributed by atoms with van der Waals surface area (Å²) in [5.41, 5.74) is 4.37. The Morgan fingerprint density at radius 1 is 1.27 bits per heavy atom. The second-order valence-electron chi connectivity index (χ2n) is 3.70. The third-order valence-corrected chi connectivity index (χ3v) is 2.36. The van der Waals surface area contributed by atoms with E-state index in [1.54, 1.807) is 0 Å². The minimum atomic E-state index is 1.04. The molecule has 0 aliphatic heterocycles. The maximum Gasteiger partial charge on any atom is 0.0721 e. The molecule has 2 nitrogen and oxygen atoms in total. The smallest absolute Gasteiger partial charge is 0.0721 e. The fourth-order valence-electron chi connectivity index (χ4n) is 1.71. The Hall–Kier alpha value is -1.83. The highest BCUT2D eigenvalue weighted by atomic mass is 15.3. The maximum atomic E-state index is 4.36. The Kier molecular flexibility index (Phi) is 2.42. The average Bonchev–Trinajstić information content (AvgIpc) is 2.61. The predicted octanol–water partition coefficient (Wildman–Crippen LogP) is 3.21. The monoisotopic (exact) mass is 198 g/mol. The van der Waals surface area contributed by atoms with E-state index in [-0.39, 0.29) is 0 Å². The van der Waals surface area contributed by atoms with Gasteiger partial charge in [-0.05, 0) is 37.1 Å². The Labute approximate surface area is 89.9 Å². The van der Waals surface area contributed by atoms with Crippen LogP contribution < -0.4 is 0 Å². The molecule has 15 heavy (non-hydrogen) atoms. The molecule has 2 heteroatoms. The topological polar surface area (TPSA) is 17.8 Å². The van der Waals surface area contributed by atoms with Crippen LogP contribution in [0.25, 0.3) is 11.3 Å². The van der Waals surface area contributed by atoms with Crippen LogP contribution in [-0.4, -0.2) is 9.78 Å². The van der Waals surface area contributed by atoms with Gasteiger partial charge in [0.25, 0.3) is 0 Å². The largest absolute Gasteiger partial charge is 0.233 e. The van der Waals surface area contributed by atoms with E-state index < -0.39 is 0 Å². The third-order valence-electron chi connectivity index (χ3n) is 2.36. The standard InChI is InChI=1S/C13H14N2/c1-10(2)13-11(3)9-14-15(13)12-7-5-4-6-8-12/h4-9H,1H2,2-3H3. The molecule has 0 amide bonds. The highest BCUT2D eigenvalue weighted by Gasteiger charge is 2.08. The summed E-state index contributed by atoms with van der Waals surface area (Å²) in [5, 5.41) is 4.36. The molecule has 2 rings (SSSR count). The van der Waals surface area contributed by atoms with Gasteiger partial charge in [0.1, 0.15) is 0 Å². The molecule has 0 bridgehead atoms. The van der Waals surface area contributed by atoms with E-state index in [4.69, 9.17) is 0 Å². The highest BCUT2D eigenvalue weighted by molar-refractivity contribution is 5.62. The lowest BCUT2D eigenvalue weighted by atomic mass is 10.1. The lowest BCUT2D eigenvalue weighted by molar-refractivity contribution is 0.866. The van der Waals surface area contributed by atoms with Crippen LogP contribution in [0, 0.1) is 6.92 Å². The number of aromatic nitrogens is 2. The molecule has 76 valence electrons. The first-order valence-corrected chi connectivity index (χ1v) is 4.96. The van der Waals surface area contributed by atoms with E-state index in [0.717, 1.165) is 22.5 Å². The maximum absolute atomic E-state index is 4.36. The summed E-state index contributed by atoms with van der Waals surface area (Å²) in [6, 6.07) is 10.1. The Bertz CT molecular complexity index is 480. The molecule has 0 spiro atoms. The molecule has 0 aliphatic rings. The zero-order valence-electron chi connectivity index (χ0n) is 9.07. The number of hydrogen-bond donors (Lipinski definition) is 0. The third kappa shape index (κ3) is 1.71. The van der Waals surface area contributed by atoms with Gasteiger partial charge in [0, 0.05) is 0 Å². The van der Waals surface area contributed by atoms with Crippen molar-refractivity contribution in [3.05, 3.63) is 54.4 Å². The Morgan fingerprint density at radius 2 is 1.93 bits per heavy atom. The van der Waals surface area contributed by atoms with Crippen molar-refractivity contribution in [3.8, 4) is 5.69 Å². The summed E-state index contributed by atoms with van der Waals surface area (Å²) in [6.07, 6.45) is 1.87. The van der Waals surface area contributed by atoms with Crippen LogP contribution >= 0.6 is 0 Å². The van der Waals surface area contributed by atoms with Gasteiger partial charge >= 0.3 is 0 Å². The molecule has 0 saturated carbocycles. The van der Waals surface area contributed by atoms with Gasteiger partial charge in [-0.1, -0.05) is 24.8 Å². The van der Waals surface area contributed by atoms with Crippen LogP contribution in [0.5, 0.6) is 0 Å². The fourth-order valence-corrected chi connectivity index (χ4v) is 1.71. The van der Waals surface area contributed by atoms with Crippen LogP contribution in [0.15, 0.2) is 43.1 Å². The van der Waals surface area contributed by atoms with Crippen molar-refractivity contribution in [1.82, 2.24) is 9.78 Å². The normalized spacial score (nSPS) is 10.3. The van der Waals surface area contributed by atoms with Crippen LogP contribution in [0.3, 0.4) is 0 Å². The first-order valence-electron chi connectivity index (χ1n) is 4.96. The molecule has 0 radical (unpaired) electrons. The number of allylic oxidation sites excluding steroid dienone is 1. The molecule has 0 atom stereocenters.